The van der Waals surface area contributed by atoms with Crippen LogP contribution in [0.2, 0.25) is 0 Å². The van der Waals surface area contributed by atoms with Gasteiger partial charge in [-0.3, -0.25) is 4.79 Å². The van der Waals surface area contributed by atoms with Crippen LogP contribution in [0.5, 0.6) is 0 Å². The summed E-state index contributed by atoms with van der Waals surface area (Å²) in [5.41, 5.74) is 4.93. The number of hydrogen-bond acceptors (Lipinski definition) is 5. The molecule has 30 heavy (non-hydrogen) atoms. The lowest BCUT2D eigenvalue weighted by molar-refractivity contribution is -0.123. The molecule has 0 unspecified atom stereocenters. The SMILES string of the molecule is Cc1noc(C)c1-c1ccc2c(c1)nc([C@@H]1CCCC(=O)N1)n2C1CCC(O)CC1. The number of rotatable bonds is 3. The van der Waals surface area contributed by atoms with E-state index in [1.54, 1.807) is 0 Å². The van der Waals surface area contributed by atoms with Gasteiger partial charge in [0, 0.05) is 18.0 Å². The molecule has 3 aromatic rings. The van der Waals surface area contributed by atoms with Gasteiger partial charge in [0.1, 0.15) is 11.6 Å². The molecule has 5 rings (SSSR count). The van der Waals surface area contributed by atoms with Crippen molar-refractivity contribution in [1.82, 2.24) is 20.0 Å². The van der Waals surface area contributed by atoms with Crippen LogP contribution in [0.4, 0.5) is 0 Å². The van der Waals surface area contributed by atoms with E-state index in [1.165, 1.54) is 0 Å². The molecule has 7 heteroatoms. The molecule has 1 amide bonds. The zero-order chi connectivity index (χ0) is 20.8. The summed E-state index contributed by atoms with van der Waals surface area (Å²) < 4.78 is 7.68. The van der Waals surface area contributed by atoms with E-state index in [9.17, 15) is 9.90 Å². The monoisotopic (exact) mass is 408 g/mol. The van der Waals surface area contributed by atoms with Crippen LogP contribution < -0.4 is 5.32 Å². The van der Waals surface area contributed by atoms with Crippen LogP contribution in [-0.2, 0) is 4.79 Å². The summed E-state index contributed by atoms with van der Waals surface area (Å²) in [6, 6.07) is 6.56. The minimum absolute atomic E-state index is 0.0620. The zero-order valence-electron chi connectivity index (χ0n) is 17.5. The molecule has 1 saturated carbocycles. The Hall–Kier alpha value is -2.67. The molecular formula is C23H28N4O3. The van der Waals surface area contributed by atoms with Gasteiger partial charge in [0.15, 0.2) is 0 Å². The highest BCUT2D eigenvalue weighted by atomic mass is 16.5. The predicted molar refractivity (Wildman–Crippen MR) is 113 cm³/mol. The maximum atomic E-state index is 12.1. The zero-order valence-corrected chi connectivity index (χ0v) is 17.5. The first-order valence-electron chi connectivity index (χ1n) is 10.9. The molecule has 2 aromatic heterocycles. The molecule has 2 aliphatic rings. The number of amides is 1. The Morgan fingerprint density at radius 2 is 1.97 bits per heavy atom. The molecule has 1 atom stereocenters. The van der Waals surface area contributed by atoms with Gasteiger partial charge < -0.3 is 19.5 Å². The van der Waals surface area contributed by atoms with Crippen molar-refractivity contribution >= 4 is 16.9 Å². The smallest absolute Gasteiger partial charge is 0.220 e. The van der Waals surface area contributed by atoms with Crippen molar-refractivity contribution in [2.24, 2.45) is 0 Å². The van der Waals surface area contributed by atoms with Crippen LogP contribution in [-0.4, -0.2) is 31.8 Å². The molecule has 0 spiro atoms. The van der Waals surface area contributed by atoms with Gasteiger partial charge in [0.25, 0.3) is 0 Å². The lowest BCUT2D eigenvalue weighted by Gasteiger charge is -2.31. The number of nitrogens with one attached hydrogen (secondary N) is 1. The maximum absolute atomic E-state index is 12.1. The van der Waals surface area contributed by atoms with Crippen molar-refractivity contribution in [2.45, 2.75) is 77.0 Å². The second-order valence-corrected chi connectivity index (χ2v) is 8.72. The van der Waals surface area contributed by atoms with Gasteiger partial charge in [-0.1, -0.05) is 11.2 Å². The van der Waals surface area contributed by atoms with Crippen molar-refractivity contribution in [3.8, 4) is 11.1 Å². The molecule has 2 N–H and O–H groups in total. The molecule has 158 valence electrons. The first-order chi connectivity index (χ1) is 14.5. The average Bonchev–Trinajstić information content (AvgIpc) is 3.28. The summed E-state index contributed by atoms with van der Waals surface area (Å²) in [4.78, 5) is 17.1. The second-order valence-electron chi connectivity index (χ2n) is 8.72. The van der Waals surface area contributed by atoms with E-state index in [2.05, 4.69) is 33.2 Å². The van der Waals surface area contributed by atoms with Gasteiger partial charge in [-0.2, -0.15) is 0 Å². The number of piperidine rings is 1. The first kappa shape index (κ1) is 19.3. The highest BCUT2D eigenvalue weighted by Crippen LogP contribution is 2.37. The Bertz CT molecular complexity index is 1070. The summed E-state index contributed by atoms with van der Waals surface area (Å²) in [5.74, 6) is 1.84. The third kappa shape index (κ3) is 3.31. The fourth-order valence-corrected chi connectivity index (χ4v) is 5.11. The van der Waals surface area contributed by atoms with Crippen molar-refractivity contribution in [2.75, 3.05) is 0 Å². The number of aryl methyl sites for hydroxylation is 2. The van der Waals surface area contributed by atoms with E-state index < -0.39 is 0 Å². The Morgan fingerprint density at radius 3 is 2.67 bits per heavy atom. The fourth-order valence-electron chi connectivity index (χ4n) is 5.11. The topological polar surface area (TPSA) is 93.2 Å². The van der Waals surface area contributed by atoms with E-state index in [4.69, 9.17) is 9.51 Å². The van der Waals surface area contributed by atoms with E-state index in [1.807, 2.05) is 13.8 Å². The largest absolute Gasteiger partial charge is 0.393 e. The molecular weight excluding hydrogens is 380 g/mol. The third-order valence-corrected chi connectivity index (χ3v) is 6.61. The molecule has 1 aliphatic carbocycles. The van der Waals surface area contributed by atoms with Crippen molar-refractivity contribution in [1.29, 1.82) is 0 Å². The lowest BCUT2D eigenvalue weighted by atomic mass is 9.92. The number of aromatic nitrogens is 3. The Labute approximate surface area is 175 Å². The van der Waals surface area contributed by atoms with Gasteiger partial charge in [-0.15, -0.1) is 0 Å². The first-order valence-corrected chi connectivity index (χ1v) is 10.9. The van der Waals surface area contributed by atoms with E-state index >= 15 is 0 Å². The van der Waals surface area contributed by atoms with Crippen LogP contribution in [0.25, 0.3) is 22.2 Å². The van der Waals surface area contributed by atoms with E-state index in [0.717, 1.165) is 78.0 Å². The van der Waals surface area contributed by atoms with Gasteiger partial charge in [-0.25, -0.2) is 4.98 Å². The maximum Gasteiger partial charge on any atom is 0.220 e. The van der Waals surface area contributed by atoms with Crippen LogP contribution >= 0.6 is 0 Å². The molecule has 1 aliphatic heterocycles. The van der Waals surface area contributed by atoms with Crippen molar-refractivity contribution < 1.29 is 14.4 Å². The highest BCUT2D eigenvalue weighted by Gasteiger charge is 2.30. The van der Waals surface area contributed by atoms with Crippen molar-refractivity contribution in [3.05, 3.63) is 35.5 Å². The summed E-state index contributed by atoms with van der Waals surface area (Å²) in [7, 11) is 0. The van der Waals surface area contributed by atoms with Gasteiger partial charge in [0.2, 0.25) is 5.91 Å². The van der Waals surface area contributed by atoms with Gasteiger partial charge in [0.05, 0.1) is 28.9 Å². The number of carbonyl (C=O) groups is 1. The quantitative estimate of drug-likeness (QED) is 0.680. The van der Waals surface area contributed by atoms with Gasteiger partial charge in [-0.05, 0) is 70.1 Å². The molecule has 1 saturated heterocycles. The molecule has 1 aromatic carbocycles. The summed E-state index contributed by atoms with van der Waals surface area (Å²) >= 11 is 0. The predicted octanol–water partition coefficient (Wildman–Crippen LogP) is 4.13. The number of nitrogens with zero attached hydrogens (tertiary/aromatic N) is 3. The standard InChI is InChI=1S/C23H28N4O3/c1-13-22(14(2)30-26-13)15-6-11-20-19(12-15)25-23(18-4-3-5-21(29)24-18)27(20)16-7-9-17(28)10-8-16/h6,11-12,16-18,28H,3-5,7-10H2,1-2H3,(H,24,29)/t16?,17?,18-/m0/s1. The van der Waals surface area contributed by atoms with E-state index in [0.29, 0.717) is 6.42 Å². The minimum Gasteiger partial charge on any atom is -0.393 e. The Morgan fingerprint density at radius 1 is 1.17 bits per heavy atom. The molecule has 0 radical (unpaired) electrons. The van der Waals surface area contributed by atoms with Crippen LogP contribution in [0.15, 0.2) is 22.7 Å². The number of benzene rings is 1. The van der Waals surface area contributed by atoms with Gasteiger partial charge >= 0.3 is 0 Å². The molecule has 0 bridgehead atoms. The normalized spacial score (nSPS) is 24.9. The minimum atomic E-state index is -0.208. The number of aliphatic hydroxyl groups is 1. The highest BCUT2D eigenvalue weighted by molar-refractivity contribution is 5.84. The van der Waals surface area contributed by atoms with Crippen LogP contribution in [0.1, 0.15) is 74.3 Å². The fraction of sp³-hybridized carbons (Fsp3) is 0.522. The number of imidazole rings is 1. The summed E-state index contributed by atoms with van der Waals surface area (Å²) in [6.45, 7) is 3.87. The molecule has 2 fully saturated rings. The Kier molecular flexibility index (Phi) is 4.85. The van der Waals surface area contributed by atoms with Crippen molar-refractivity contribution in [3.63, 3.8) is 0 Å². The average molecular weight is 409 g/mol. The second kappa shape index (κ2) is 7.54. The van der Waals surface area contributed by atoms with Crippen LogP contribution in [0, 0.1) is 13.8 Å². The van der Waals surface area contributed by atoms with Crippen LogP contribution in [0.3, 0.4) is 0 Å². The molecule has 3 heterocycles. The number of carbonyl (C=O) groups excluding carboxylic acids is 1. The van der Waals surface area contributed by atoms with E-state index in [-0.39, 0.29) is 24.1 Å². The summed E-state index contributed by atoms with van der Waals surface area (Å²) in [5, 5.41) is 17.2. The lowest BCUT2D eigenvalue weighted by Crippen LogP contribution is -2.35. The number of aliphatic hydroxyl groups excluding tert-OH is 1. The number of hydrogen-bond donors (Lipinski definition) is 2. The summed E-state index contributed by atoms with van der Waals surface area (Å²) in [6.07, 6.45) is 5.62. The Balaban J connectivity index is 1.62. The molecule has 7 nitrogen and oxygen atoms in total. The number of fused-ring (bicyclic) bond motifs is 1. The third-order valence-electron chi connectivity index (χ3n) is 6.61.